The second kappa shape index (κ2) is 14.4. The number of para-hydroxylation sites is 1. The van der Waals surface area contributed by atoms with E-state index in [1.54, 1.807) is 36.4 Å². The fourth-order valence-corrected chi connectivity index (χ4v) is 6.72. The van der Waals surface area contributed by atoms with Crippen LogP contribution in [-0.2, 0) is 6.54 Å². The van der Waals surface area contributed by atoms with Gasteiger partial charge < -0.3 is 10.1 Å². The fraction of sp³-hybridized carbons (Fsp3) is 0.167. The van der Waals surface area contributed by atoms with Crippen LogP contribution in [0.25, 0.3) is 26.4 Å². The minimum Gasteiger partial charge on any atom is -0.405 e. The molecule has 51 heavy (non-hydrogen) atoms. The Hall–Kier alpha value is -6.09. The van der Waals surface area contributed by atoms with Crippen molar-refractivity contribution in [2.24, 2.45) is 0 Å². The molecule has 0 fully saturated rings. The molecule has 0 atom stereocenters. The summed E-state index contributed by atoms with van der Waals surface area (Å²) in [5.74, 6) is -0.844. The number of tetrazole rings is 1. The summed E-state index contributed by atoms with van der Waals surface area (Å²) in [7, 11) is 0. The molecule has 3 N–H and O–H groups in total. The maximum absolute atomic E-state index is 14.1. The van der Waals surface area contributed by atoms with E-state index in [1.165, 1.54) is 40.0 Å². The third-order valence-corrected chi connectivity index (χ3v) is 9.26. The van der Waals surface area contributed by atoms with Crippen LogP contribution in [0.1, 0.15) is 47.2 Å². The molecule has 1 aliphatic rings. The first-order valence-electron chi connectivity index (χ1n) is 16.0. The van der Waals surface area contributed by atoms with Crippen LogP contribution < -0.4 is 20.3 Å². The zero-order valence-electron chi connectivity index (χ0n) is 26.8. The van der Waals surface area contributed by atoms with E-state index in [9.17, 15) is 22.8 Å². The van der Waals surface area contributed by atoms with E-state index in [0.717, 1.165) is 35.9 Å². The lowest BCUT2D eigenvalue weighted by molar-refractivity contribution is -0.274. The fourth-order valence-electron chi connectivity index (χ4n) is 5.74. The van der Waals surface area contributed by atoms with Crippen LogP contribution in [0.2, 0.25) is 0 Å². The van der Waals surface area contributed by atoms with Gasteiger partial charge in [-0.2, -0.15) is 5.21 Å². The minimum absolute atomic E-state index is 0.0312. The number of hydrogen-bond donors (Lipinski definition) is 3. The Bertz CT molecular complexity index is 2170. The predicted molar refractivity (Wildman–Crippen MR) is 188 cm³/mol. The normalized spacial score (nSPS) is 13.0. The number of halogens is 3. The highest BCUT2D eigenvalue weighted by molar-refractivity contribution is 7.21. The molecule has 258 valence electrons. The van der Waals surface area contributed by atoms with Crippen molar-refractivity contribution in [3.05, 3.63) is 114 Å². The number of allylic oxidation sites excluding steroid dienone is 2. The molecule has 0 aliphatic heterocycles. The molecule has 0 unspecified atom stereocenters. The molecular weight excluding hydrogens is 682 g/mol. The van der Waals surface area contributed by atoms with Crippen LogP contribution in [0.15, 0.2) is 97.1 Å². The van der Waals surface area contributed by atoms with Gasteiger partial charge >= 0.3 is 12.4 Å². The number of carbonyl (C=O) groups excluding carboxylic acids is 2. The first-order chi connectivity index (χ1) is 24.7. The van der Waals surface area contributed by atoms with Crippen LogP contribution >= 0.6 is 11.3 Å². The van der Waals surface area contributed by atoms with E-state index in [-0.39, 0.29) is 23.7 Å². The number of thiazole rings is 1. The Labute approximate surface area is 293 Å². The predicted octanol–water partition coefficient (Wildman–Crippen LogP) is 8.82. The number of anilines is 3. The Balaban J connectivity index is 1.18. The van der Waals surface area contributed by atoms with Gasteiger partial charge in [-0.15, -0.1) is 29.6 Å². The Morgan fingerprint density at radius 1 is 0.941 bits per heavy atom. The summed E-state index contributed by atoms with van der Waals surface area (Å²) in [4.78, 5) is 32.7. The molecule has 6 aromatic rings. The molecular formula is C36H29F3N8O3S. The maximum Gasteiger partial charge on any atom is 0.573 e. The number of hydrogen-bond acceptors (Lipinski definition) is 8. The summed E-state index contributed by atoms with van der Waals surface area (Å²) in [6, 6.07) is 25.0. The highest BCUT2D eigenvalue weighted by atomic mass is 32.1. The van der Waals surface area contributed by atoms with Crippen molar-refractivity contribution in [2.75, 3.05) is 15.5 Å². The number of rotatable bonds is 9. The van der Waals surface area contributed by atoms with E-state index >= 15 is 0 Å². The number of amides is 3. The van der Waals surface area contributed by atoms with Crippen molar-refractivity contribution in [1.29, 1.82) is 0 Å². The first kappa shape index (κ1) is 33.4. The molecule has 2 aromatic heterocycles. The van der Waals surface area contributed by atoms with Gasteiger partial charge in [0.1, 0.15) is 10.8 Å². The number of ether oxygens (including phenoxy) is 1. The third-order valence-electron chi connectivity index (χ3n) is 8.19. The Morgan fingerprint density at radius 3 is 2.45 bits per heavy atom. The summed E-state index contributed by atoms with van der Waals surface area (Å²) < 4.78 is 45.4. The van der Waals surface area contributed by atoms with Crippen LogP contribution in [0.4, 0.5) is 35.3 Å². The van der Waals surface area contributed by atoms with Crippen molar-refractivity contribution in [1.82, 2.24) is 25.6 Å². The van der Waals surface area contributed by atoms with E-state index < -0.39 is 24.1 Å². The first-order valence-corrected chi connectivity index (χ1v) is 16.8. The van der Waals surface area contributed by atoms with Gasteiger partial charge in [0, 0.05) is 16.9 Å². The molecule has 2 heterocycles. The summed E-state index contributed by atoms with van der Waals surface area (Å²) in [6.07, 6.45) is 1.61. The number of carbonyl (C=O) groups is 2. The number of benzene rings is 4. The number of nitrogens with one attached hydrogen (secondary N) is 3. The number of nitrogens with zero attached hydrogens (tertiary/aromatic N) is 5. The average molecular weight is 711 g/mol. The number of aromatic amines is 1. The highest BCUT2D eigenvalue weighted by Crippen LogP contribution is 2.40. The van der Waals surface area contributed by atoms with Gasteiger partial charge in [0.25, 0.3) is 11.9 Å². The lowest BCUT2D eigenvalue weighted by atomic mass is 9.93. The van der Waals surface area contributed by atoms with Crippen molar-refractivity contribution < 1.29 is 27.5 Å². The molecule has 15 heteroatoms. The monoisotopic (exact) mass is 710 g/mol. The van der Waals surface area contributed by atoms with Gasteiger partial charge in [-0.3, -0.25) is 15.0 Å². The zero-order chi connectivity index (χ0) is 35.4. The van der Waals surface area contributed by atoms with Crippen LogP contribution in [0, 0.1) is 0 Å². The Morgan fingerprint density at radius 2 is 1.75 bits per heavy atom. The van der Waals surface area contributed by atoms with E-state index in [0.29, 0.717) is 27.3 Å². The zero-order valence-corrected chi connectivity index (χ0v) is 27.6. The molecule has 0 saturated heterocycles. The lowest BCUT2D eigenvalue weighted by Gasteiger charge is -2.24. The van der Waals surface area contributed by atoms with Gasteiger partial charge in [0.05, 0.1) is 22.3 Å². The number of urea groups is 1. The number of alkyl halides is 3. The molecule has 4 aromatic carbocycles. The molecule has 0 saturated carbocycles. The quantitative estimate of drug-likeness (QED) is 0.136. The van der Waals surface area contributed by atoms with Gasteiger partial charge in [-0.1, -0.05) is 47.6 Å². The third kappa shape index (κ3) is 8.05. The smallest absolute Gasteiger partial charge is 0.405 e. The second-order valence-electron chi connectivity index (χ2n) is 11.7. The average Bonchev–Trinajstić information content (AvgIpc) is 3.81. The Kier molecular flexibility index (Phi) is 9.44. The molecule has 0 spiro atoms. The maximum atomic E-state index is 14.1. The van der Waals surface area contributed by atoms with Crippen LogP contribution in [0.5, 0.6) is 5.75 Å². The van der Waals surface area contributed by atoms with E-state index in [2.05, 4.69) is 47.1 Å². The number of fused-ring (bicyclic) bond motifs is 1. The summed E-state index contributed by atoms with van der Waals surface area (Å²) in [5, 5.41) is 18.8. The molecule has 0 bridgehead atoms. The van der Waals surface area contributed by atoms with E-state index in [1.807, 2.05) is 36.4 Å². The summed E-state index contributed by atoms with van der Waals surface area (Å²) in [5.41, 5.74) is 4.94. The van der Waals surface area contributed by atoms with Crippen LogP contribution in [0.3, 0.4) is 0 Å². The van der Waals surface area contributed by atoms with Crippen molar-refractivity contribution in [3.8, 4) is 16.3 Å². The van der Waals surface area contributed by atoms with E-state index in [4.69, 9.17) is 0 Å². The van der Waals surface area contributed by atoms with Crippen molar-refractivity contribution in [3.63, 3.8) is 0 Å². The lowest BCUT2D eigenvalue weighted by Crippen LogP contribution is -2.34. The minimum atomic E-state index is -4.93. The molecule has 3 amide bonds. The number of H-pyrrole nitrogens is 1. The van der Waals surface area contributed by atoms with Gasteiger partial charge in [0.2, 0.25) is 0 Å². The number of aromatic nitrogens is 5. The van der Waals surface area contributed by atoms with Crippen molar-refractivity contribution >= 4 is 56.4 Å². The van der Waals surface area contributed by atoms with Crippen LogP contribution in [-0.4, -0.2) is 43.9 Å². The SMILES string of the molecule is O=C(Nc1nn[nH]n1)c1ccc(CN(C(=O)Nc2ccc(OC(F)(F)F)c(-c3nc4ccccc4s3)c2)c2ccc(C3=CCCCC3)cc2)cc1. The van der Waals surface area contributed by atoms with Gasteiger partial charge in [-0.05, 0) is 102 Å². The standard InChI is InChI=1S/C36H29F3N8O3S/c37-36(38,39)50-30-19-16-26(20-28(30)33-41-29-8-4-5-9-31(29)51-33)40-35(49)47(27-17-14-24(15-18-27)23-6-2-1-3-7-23)21-22-10-12-25(13-11-22)32(48)42-34-43-45-46-44-34/h4-6,8-20H,1-3,7,21H2,(H,40,49)(H2,42,43,44,45,46,48). The second-order valence-corrected chi connectivity index (χ2v) is 12.7. The van der Waals surface area contributed by atoms with Gasteiger partial charge in [-0.25, -0.2) is 9.78 Å². The molecule has 11 nitrogen and oxygen atoms in total. The van der Waals surface area contributed by atoms with Crippen molar-refractivity contribution in [2.45, 2.75) is 38.6 Å². The topological polar surface area (TPSA) is 138 Å². The molecule has 7 rings (SSSR count). The summed E-state index contributed by atoms with van der Waals surface area (Å²) >= 11 is 1.21. The summed E-state index contributed by atoms with van der Waals surface area (Å²) in [6.45, 7) is 0.112. The largest absolute Gasteiger partial charge is 0.573 e. The molecule has 0 radical (unpaired) electrons. The molecule has 1 aliphatic carbocycles. The van der Waals surface area contributed by atoms with Gasteiger partial charge in [0.15, 0.2) is 0 Å². The highest BCUT2D eigenvalue weighted by Gasteiger charge is 2.33.